The Bertz CT molecular complexity index is 1040. The highest BCUT2D eigenvalue weighted by Gasteiger charge is 2.32. The first kappa shape index (κ1) is 22.2. The normalized spacial score (nSPS) is 15.5. The van der Waals surface area contributed by atoms with Gasteiger partial charge in [0.15, 0.2) is 5.11 Å². The molecule has 0 bridgehead atoms. The summed E-state index contributed by atoms with van der Waals surface area (Å²) in [6.07, 6.45) is 0. The summed E-state index contributed by atoms with van der Waals surface area (Å²) in [7, 11) is 6.25. The van der Waals surface area contributed by atoms with Crippen LogP contribution in [0.1, 0.15) is 18.5 Å². The van der Waals surface area contributed by atoms with Crippen molar-refractivity contribution in [3.05, 3.63) is 53.2 Å². The molecule has 1 aliphatic rings. The first-order valence-corrected chi connectivity index (χ1v) is 9.86. The quantitative estimate of drug-likeness (QED) is 0.563. The molecule has 0 radical (unpaired) electrons. The molecule has 1 amide bonds. The van der Waals surface area contributed by atoms with Crippen molar-refractivity contribution in [3.63, 3.8) is 0 Å². The van der Waals surface area contributed by atoms with Gasteiger partial charge in [-0.05, 0) is 49.5 Å². The highest BCUT2D eigenvalue weighted by molar-refractivity contribution is 7.80. The zero-order valence-corrected chi connectivity index (χ0v) is 18.8. The van der Waals surface area contributed by atoms with E-state index in [4.69, 9.17) is 31.2 Å². The maximum absolute atomic E-state index is 13.4. The summed E-state index contributed by atoms with van der Waals surface area (Å²) in [6.45, 7) is 1.80. The van der Waals surface area contributed by atoms with E-state index in [2.05, 4.69) is 16.0 Å². The van der Waals surface area contributed by atoms with Crippen molar-refractivity contribution in [2.45, 2.75) is 13.0 Å². The molecule has 1 aliphatic heterocycles. The van der Waals surface area contributed by atoms with E-state index < -0.39 is 6.04 Å². The third kappa shape index (κ3) is 4.66. The Morgan fingerprint density at radius 1 is 0.935 bits per heavy atom. The number of methoxy groups -OCH3 is 4. The largest absolute Gasteiger partial charge is 0.497 e. The van der Waals surface area contributed by atoms with Crippen LogP contribution in [0.15, 0.2) is 47.7 Å². The lowest BCUT2D eigenvalue weighted by Gasteiger charge is -2.31. The minimum absolute atomic E-state index is 0.321. The van der Waals surface area contributed by atoms with E-state index in [-0.39, 0.29) is 5.91 Å². The number of rotatable bonds is 7. The molecule has 3 rings (SSSR count). The van der Waals surface area contributed by atoms with Crippen molar-refractivity contribution in [1.82, 2.24) is 10.6 Å². The minimum atomic E-state index is -0.553. The van der Waals surface area contributed by atoms with Gasteiger partial charge in [-0.2, -0.15) is 0 Å². The molecule has 2 aromatic carbocycles. The second-order valence-electron chi connectivity index (χ2n) is 6.70. The minimum Gasteiger partial charge on any atom is -0.497 e. The molecule has 1 heterocycles. The van der Waals surface area contributed by atoms with Crippen LogP contribution < -0.4 is 34.9 Å². The fourth-order valence-electron chi connectivity index (χ4n) is 3.38. The van der Waals surface area contributed by atoms with Crippen molar-refractivity contribution >= 4 is 28.9 Å². The summed E-state index contributed by atoms with van der Waals surface area (Å²) in [5, 5.41) is 9.52. The third-order valence-electron chi connectivity index (χ3n) is 4.92. The summed E-state index contributed by atoms with van der Waals surface area (Å²) in [5.41, 5.74) is 2.32. The van der Waals surface area contributed by atoms with E-state index in [1.54, 1.807) is 58.6 Å². The summed E-state index contributed by atoms with van der Waals surface area (Å²) in [6, 6.07) is 10.0. The Kier molecular flexibility index (Phi) is 6.86. The molecule has 8 nitrogen and oxygen atoms in total. The number of hydrogen-bond donors (Lipinski definition) is 3. The molecule has 2 aromatic rings. The SMILES string of the molecule is COc1ccc(NC(=O)C2=C(C)NC(=S)NC2c2cc(OC)ccc2OC)c(OC)c1. The van der Waals surface area contributed by atoms with Gasteiger partial charge in [-0.3, -0.25) is 4.79 Å². The van der Waals surface area contributed by atoms with Crippen molar-refractivity contribution in [1.29, 1.82) is 0 Å². The highest BCUT2D eigenvalue weighted by atomic mass is 32.1. The first-order valence-electron chi connectivity index (χ1n) is 9.45. The predicted molar refractivity (Wildman–Crippen MR) is 122 cm³/mol. The van der Waals surface area contributed by atoms with E-state index in [1.165, 1.54) is 7.11 Å². The molecule has 9 heteroatoms. The first-order chi connectivity index (χ1) is 14.9. The molecule has 164 valence electrons. The van der Waals surface area contributed by atoms with E-state index in [0.29, 0.717) is 45.1 Å². The molecular formula is C22H25N3O5S. The molecule has 0 aromatic heterocycles. The average Bonchev–Trinajstić information content (AvgIpc) is 2.78. The summed E-state index contributed by atoms with van der Waals surface area (Å²) < 4.78 is 21.5. The van der Waals surface area contributed by atoms with Crippen LogP contribution in [0.25, 0.3) is 0 Å². The van der Waals surface area contributed by atoms with Crippen LogP contribution in [0.5, 0.6) is 23.0 Å². The standard InChI is InChI=1S/C22H25N3O5S/c1-12-19(21(26)24-16-8-6-14(28-3)11-18(16)30-5)20(25-22(31)23-12)15-10-13(27-2)7-9-17(15)29-4/h6-11,20H,1-5H3,(H,24,26)(H2,23,25,31). The van der Waals surface area contributed by atoms with Crippen molar-refractivity contribution in [2.75, 3.05) is 33.8 Å². The van der Waals surface area contributed by atoms with E-state index in [1.807, 2.05) is 6.07 Å². The Balaban J connectivity index is 2.02. The Hall–Kier alpha value is -3.46. The van der Waals surface area contributed by atoms with Gasteiger partial charge in [0.25, 0.3) is 5.91 Å². The predicted octanol–water partition coefficient (Wildman–Crippen LogP) is 3.15. The summed E-state index contributed by atoms with van der Waals surface area (Å²) >= 11 is 5.34. The van der Waals surface area contributed by atoms with E-state index in [9.17, 15) is 4.79 Å². The number of amides is 1. The summed E-state index contributed by atoms with van der Waals surface area (Å²) in [4.78, 5) is 13.4. The Morgan fingerprint density at radius 2 is 1.58 bits per heavy atom. The molecule has 1 unspecified atom stereocenters. The third-order valence-corrected chi connectivity index (χ3v) is 5.14. The lowest BCUT2D eigenvalue weighted by molar-refractivity contribution is -0.113. The fourth-order valence-corrected chi connectivity index (χ4v) is 3.66. The Morgan fingerprint density at radius 3 is 2.23 bits per heavy atom. The molecule has 31 heavy (non-hydrogen) atoms. The molecule has 0 spiro atoms. The van der Waals surface area contributed by atoms with Crippen LogP contribution in [0.4, 0.5) is 5.69 Å². The van der Waals surface area contributed by atoms with Gasteiger partial charge in [0, 0.05) is 17.3 Å². The number of allylic oxidation sites excluding steroid dienone is 1. The number of carbonyl (C=O) groups excluding carboxylic acids is 1. The van der Waals surface area contributed by atoms with Gasteiger partial charge in [0.05, 0.1) is 45.7 Å². The van der Waals surface area contributed by atoms with Crippen LogP contribution >= 0.6 is 12.2 Å². The highest BCUT2D eigenvalue weighted by Crippen LogP contribution is 2.37. The monoisotopic (exact) mass is 443 g/mol. The number of ether oxygens (including phenoxy) is 4. The summed E-state index contributed by atoms with van der Waals surface area (Å²) in [5.74, 6) is 2.02. The van der Waals surface area contributed by atoms with Gasteiger partial charge in [-0.1, -0.05) is 0 Å². The van der Waals surface area contributed by atoms with Crippen molar-refractivity contribution in [2.24, 2.45) is 0 Å². The van der Waals surface area contributed by atoms with Gasteiger partial charge in [0.2, 0.25) is 0 Å². The molecule has 1 atom stereocenters. The number of benzene rings is 2. The molecule has 0 saturated carbocycles. The zero-order chi connectivity index (χ0) is 22.5. The number of hydrogen-bond acceptors (Lipinski definition) is 6. The van der Waals surface area contributed by atoms with Gasteiger partial charge in [-0.25, -0.2) is 0 Å². The topological polar surface area (TPSA) is 90.1 Å². The maximum Gasteiger partial charge on any atom is 0.255 e. The molecular weight excluding hydrogens is 418 g/mol. The number of nitrogens with one attached hydrogen (secondary N) is 3. The Labute approximate surface area is 186 Å². The number of anilines is 1. The smallest absolute Gasteiger partial charge is 0.255 e. The van der Waals surface area contributed by atoms with Gasteiger partial charge in [-0.15, -0.1) is 0 Å². The van der Waals surface area contributed by atoms with Crippen LogP contribution in [-0.4, -0.2) is 39.5 Å². The number of carbonyl (C=O) groups is 1. The van der Waals surface area contributed by atoms with Crippen molar-refractivity contribution in [3.8, 4) is 23.0 Å². The second kappa shape index (κ2) is 9.57. The van der Waals surface area contributed by atoms with Gasteiger partial charge >= 0.3 is 0 Å². The van der Waals surface area contributed by atoms with Crippen LogP contribution in [-0.2, 0) is 4.79 Å². The molecule has 3 N–H and O–H groups in total. The van der Waals surface area contributed by atoms with Crippen LogP contribution in [0.2, 0.25) is 0 Å². The second-order valence-corrected chi connectivity index (χ2v) is 7.11. The molecule has 0 fully saturated rings. The van der Waals surface area contributed by atoms with Crippen LogP contribution in [0.3, 0.4) is 0 Å². The molecule has 0 saturated heterocycles. The lowest BCUT2D eigenvalue weighted by atomic mass is 9.94. The number of thiocarbonyl (C=S) groups is 1. The van der Waals surface area contributed by atoms with Gasteiger partial charge < -0.3 is 34.9 Å². The lowest BCUT2D eigenvalue weighted by Crippen LogP contribution is -2.45. The maximum atomic E-state index is 13.4. The van der Waals surface area contributed by atoms with E-state index in [0.717, 1.165) is 5.56 Å². The van der Waals surface area contributed by atoms with E-state index >= 15 is 0 Å². The fraction of sp³-hybridized carbons (Fsp3) is 0.273. The molecule has 0 aliphatic carbocycles. The van der Waals surface area contributed by atoms with Crippen molar-refractivity contribution < 1.29 is 23.7 Å². The van der Waals surface area contributed by atoms with Gasteiger partial charge in [0.1, 0.15) is 23.0 Å². The zero-order valence-electron chi connectivity index (χ0n) is 18.0. The average molecular weight is 444 g/mol. The van der Waals surface area contributed by atoms with Crippen LogP contribution in [0, 0.1) is 0 Å².